The van der Waals surface area contributed by atoms with Crippen molar-refractivity contribution in [2.24, 2.45) is 5.92 Å². The highest BCUT2D eigenvalue weighted by Gasteiger charge is 2.11. The molecule has 2 atom stereocenters. The first-order valence-corrected chi connectivity index (χ1v) is 6.63. The van der Waals surface area contributed by atoms with E-state index in [1.54, 1.807) is 0 Å². The second-order valence-corrected chi connectivity index (χ2v) is 5.14. The minimum Gasteiger partial charge on any atom is -0.396 e. The fraction of sp³-hybridized carbons (Fsp3) is 0.538. The van der Waals surface area contributed by atoms with Gasteiger partial charge in [-0.25, -0.2) is 0 Å². The Morgan fingerprint density at radius 3 is 2.53 bits per heavy atom. The van der Waals surface area contributed by atoms with Crippen LogP contribution in [0.2, 0.25) is 10.0 Å². The zero-order valence-corrected chi connectivity index (χ0v) is 11.7. The van der Waals surface area contributed by atoms with Crippen LogP contribution in [0.4, 0.5) is 0 Å². The number of aliphatic hydroxyl groups excluding tert-OH is 1. The van der Waals surface area contributed by atoms with Crippen molar-refractivity contribution in [2.45, 2.75) is 26.3 Å². The Bertz CT molecular complexity index is 357. The highest BCUT2D eigenvalue weighted by Crippen LogP contribution is 2.26. The molecule has 0 heterocycles. The summed E-state index contributed by atoms with van der Waals surface area (Å²) in [7, 11) is 0. The Kier molecular flexibility index (Phi) is 6.28. The summed E-state index contributed by atoms with van der Waals surface area (Å²) in [5.41, 5.74) is 1.13. The van der Waals surface area contributed by atoms with E-state index in [9.17, 15) is 0 Å². The third-order valence-electron chi connectivity index (χ3n) is 2.78. The lowest BCUT2D eigenvalue weighted by Crippen LogP contribution is -2.27. The molecule has 0 amide bonds. The van der Waals surface area contributed by atoms with E-state index in [0.29, 0.717) is 10.0 Å². The zero-order valence-electron chi connectivity index (χ0n) is 10.2. The van der Waals surface area contributed by atoms with E-state index in [1.165, 1.54) is 0 Å². The highest BCUT2D eigenvalue weighted by atomic mass is 35.5. The Morgan fingerprint density at radius 2 is 2.00 bits per heavy atom. The molecule has 0 fully saturated rings. The van der Waals surface area contributed by atoms with Crippen molar-refractivity contribution in [1.82, 2.24) is 5.32 Å². The number of nitrogens with one attached hydrogen (secondary N) is 1. The predicted octanol–water partition coefficient (Wildman–Crippen LogP) is 3.66. The summed E-state index contributed by atoms with van der Waals surface area (Å²) in [5, 5.41) is 13.6. The lowest BCUT2D eigenvalue weighted by Gasteiger charge is -2.20. The molecule has 2 nitrogen and oxygen atoms in total. The van der Waals surface area contributed by atoms with E-state index in [2.05, 4.69) is 12.2 Å². The molecule has 0 aliphatic rings. The fourth-order valence-electron chi connectivity index (χ4n) is 1.64. The molecule has 0 aliphatic heterocycles. The van der Waals surface area contributed by atoms with Gasteiger partial charge in [-0.3, -0.25) is 0 Å². The minimum absolute atomic E-state index is 0.199. The Labute approximate surface area is 113 Å². The van der Waals surface area contributed by atoms with Crippen molar-refractivity contribution < 1.29 is 5.11 Å². The van der Waals surface area contributed by atoms with Gasteiger partial charge >= 0.3 is 0 Å². The van der Waals surface area contributed by atoms with Crippen LogP contribution in [0.15, 0.2) is 18.2 Å². The molecule has 0 bridgehead atoms. The molecule has 4 heteroatoms. The monoisotopic (exact) mass is 275 g/mol. The molecule has 0 aliphatic carbocycles. The molecule has 0 saturated heterocycles. The molecule has 96 valence electrons. The van der Waals surface area contributed by atoms with Crippen LogP contribution in [-0.4, -0.2) is 18.3 Å². The quantitative estimate of drug-likeness (QED) is 0.831. The van der Waals surface area contributed by atoms with Crippen LogP contribution < -0.4 is 5.32 Å². The first kappa shape index (κ1) is 14.8. The SMILES string of the molecule is CCC(NCC(C)CO)c1ccc(Cl)c(Cl)c1. The number of aliphatic hydroxyl groups is 1. The summed E-state index contributed by atoms with van der Waals surface area (Å²) >= 11 is 11.9. The van der Waals surface area contributed by atoms with Crippen LogP contribution >= 0.6 is 23.2 Å². The first-order valence-electron chi connectivity index (χ1n) is 5.87. The number of benzene rings is 1. The summed E-state index contributed by atoms with van der Waals surface area (Å²) in [6.07, 6.45) is 0.968. The van der Waals surface area contributed by atoms with E-state index in [4.69, 9.17) is 28.3 Å². The summed E-state index contributed by atoms with van der Waals surface area (Å²) in [4.78, 5) is 0. The van der Waals surface area contributed by atoms with Crippen molar-refractivity contribution >= 4 is 23.2 Å². The average Bonchev–Trinajstić information content (AvgIpc) is 2.33. The molecule has 0 saturated carbocycles. The smallest absolute Gasteiger partial charge is 0.0595 e. The number of hydrogen-bond donors (Lipinski definition) is 2. The molecule has 2 N–H and O–H groups in total. The normalized spacial score (nSPS) is 14.6. The van der Waals surface area contributed by atoms with Gasteiger partial charge in [0.1, 0.15) is 0 Å². The minimum atomic E-state index is 0.199. The first-order chi connectivity index (χ1) is 8.08. The maximum absolute atomic E-state index is 8.99. The third-order valence-corrected chi connectivity index (χ3v) is 3.52. The van der Waals surface area contributed by atoms with Crippen molar-refractivity contribution in [2.75, 3.05) is 13.2 Å². The third kappa shape index (κ3) is 4.47. The van der Waals surface area contributed by atoms with Gasteiger partial charge in [0.15, 0.2) is 0 Å². The van der Waals surface area contributed by atoms with Gasteiger partial charge < -0.3 is 10.4 Å². The molecule has 0 aromatic heterocycles. The summed E-state index contributed by atoms with van der Waals surface area (Å²) in [5.74, 6) is 0.256. The summed E-state index contributed by atoms with van der Waals surface area (Å²) in [6, 6.07) is 5.95. The lowest BCUT2D eigenvalue weighted by atomic mass is 10.0. The molecule has 1 rings (SSSR count). The lowest BCUT2D eigenvalue weighted by molar-refractivity contribution is 0.229. The average molecular weight is 276 g/mol. The van der Waals surface area contributed by atoms with Gasteiger partial charge in [-0.2, -0.15) is 0 Å². The molecule has 0 radical (unpaired) electrons. The zero-order chi connectivity index (χ0) is 12.8. The van der Waals surface area contributed by atoms with Gasteiger partial charge in [0, 0.05) is 19.2 Å². The second kappa shape index (κ2) is 7.22. The molecule has 1 aromatic carbocycles. The maximum atomic E-state index is 8.99. The van der Waals surface area contributed by atoms with Crippen molar-refractivity contribution in [3.63, 3.8) is 0 Å². The van der Waals surface area contributed by atoms with Gasteiger partial charge in [-0.05, 0) is 30.0 Å². The molecule has 2 unspecified atom stereocenters. The van der Waals surface area contributed by atoms with Gasteiger partial charge in [-0.1, -0.05) is 43.1 Å². The van der Waals surface area contributed by atoms with E-state index >= 15 is 0 Å². The molecule has 1 aromatic rings. The van der Waals surface area contributed by atoms with E-state index in [1.807, 2.05) is 25.1 Å². The van der Waals surface area contributed by atoms with Crippen LogP contribution in [0.5, 0.6) is 0 Å². The van der Waals surface area contributed by atoms with E-state index in [0.717, 1.165) is 18.5 Å². The number of hydrogen-bond acceptors (Lipinski definition) is 2. The topological polar surface area (TPSA) is 32.3 Å². The largest absolute Gasteiger partial charge is 0.396 e. The van der Waals surface area contributed by atoms with Gasteiger partial charge in [-0.15, -0.1) is 0 Å². The van der Waals surface area contributed by atoms with E-state index in [-0.39, 0.29) is 18.6 Å². The number of halogens is 2. The Balaban J connectivity index is 2.69. The van der Waals surface area contributed by atoms with Crippen molar-refractivity contribution in [1.29, 1.82) is 0 Å². The van der Waals surface area contributed by atoms with Crippen LogP contribution in [0, 0.1) is 5.92 Å². The fourth-order valence-corrected chi connectivity index (χ4v) is 1.94. The van der Waals surface area contributed by atoms with Crippen molar-refractivity contribution in [3.8, 4) is 0 Å². The molecular formula is C13H19Cl2NO. The molecule has 17 heavy (non-hydrogen) atoms. The van der Waals surface area contributed by atoms with Crippen molar-refractivity contribution in [3.05, 3.63) is 33.8 Å². The van der Waals surface area contributed by atoms with Gasteiger partial charge in [0.05, 0.1) is 10.0 Å². The molecular weight excluding hydrogens is 257 g/mol. The summed E-state index contributed by atoms with van der Waals surface area (Å²) in [6.45, 7) is 5.11. The van der Waals surface area contributed by atoms with Crippen LogP contribution in [0.25, 0.3) is 0 Å². The van der Waals surface area contributed by atoms with Crippen LogP contribution in [0.3, 0.4) is 0 Å². The van der Waals surface area contributed by atoms with Crippen LogP contribution in [0.1, 0.15) is 31.9 Å². The Hall–Kier alpha value is -0.280. The second-order valence-electron chi connectivity index (χ2n) is 4.33. The van der Waals surface area contributed by atoms with Gasteiger partial charge in [0.2, 0.25) is 0 Å². The molecule has 0 spiro atoms. The van der Waals surface area contributed by atoms with Crippen LogP contribution in [-0.2, 0) is 0 Å². The predicted molar refractivity (Wildman–Crippen MR) is 73.7 cm³/mol. The number of rotatable bonds is 6. The maximum Gasteiger partial charge on any atom is 0.0595 e. The van der Waals surface area contributed by atoms with E-state index < -0.39 is 0 Å². The highest BCUT2D eigenvalue weighted by molar-refractivity contribution is 6.42. The summed E-state index contributed by atoms with van der Waals surface area (Å²) < 4.78 is 0. The van der Waals surface area contributed by atoms with Gasteiger partial charge in [0.25, 0.3) is 0 Å². The standard InChI is InChI=1S/C13H19Cl2NO/c1-3-13(16-7-9(2)8-17)10-4-5-11(14)12(15)6-10/h4-6,9,13,16-17H,3,7-8H2,1-2H3. The Morgan fingerprint density at radius 1 is 1.29 bits per heavy atom.